The molecule has 0 fully saturated rings. The summed E-state index contributed by atoms with van der Waals surface area (Å²) < 4.78 is 0. The highest BCUT2D eigenvalue weighted by molar-refractivity contribution is 6.33. The van der Waals surface area contributed by atoms with Crippen molar-refractivity contribution in [1.82, 2.24) is 10.3 Å². The van der Waals surface area contributed by atoms with Crippen molar-refractivity contribution in [3.8, 4) is 11.1 Å². The van der Waals surface area contributed by atoms with Crippen LogP contribution in [0.15, 0.2) is 36.7 Å². The molecule has 0 saturated carbocycles. The highest BCUT2D eigenvalue weighted by atomic mass is 35.5. The predicted octanol–water partition coefficient (Wildman–Crippen LogP) is 4.21. The molecular weight excluding hydrogens is 256 g/mol. The highest BCUT2D eigenvalue weighted by Gasteiger charge is 2.05. The maximum absolute atomic E-state index is 6.38. The van der Waals surface area contributed by atoms with Gasteiger partial charge in [-0.25, -0.2) is 0 Å². The van der Waals surface area contributed by atoms with Crippen LogP contribution >= 0.6 is 11.6 Å². The van der Waals surface area contributed by atoms with Gasteiger partial charge in [0.1, 0.15) is 0 Å². The maximum atomic E-state index is 6.38. The molecule has 2 rings (SSSR count). The van der Waals surface area contributed by atoms with Crippen LogP contribution < -0.4 is 5.32 Å². The van der Waals surface area contributed by atoms with E-state index in [1.165, 1.54) is 5.56 Å². The van der Waals surface area contributed by atoms with E-state index in [-0.39, 0.29) is 0 Å². The van der Waals surface area contributed by atoms with Crippen molar-refractivity contribution in [2.24, 2.45) is 0 Å². The summed E-state index contributed by atoms with van der Waals surface area (Å²) in [6.07, 6.45) is 3.69. The standard InChI is InChI=1S/C16H19ClN2/c1-11(2)19-9-13-4-5-15(16(17)7-13)14-6-12(3)8-18-10-14/h4-8,10-11,19H,9H2,1-3H3. The minimum absolute atomic E-state index is 0.472. The summed E-state index contributed by atoms with van der Waals surface area (Å²) in [7, 11) is 0. The van der Waals surface area contributed by atoms with Crippen LogP contribution in [0, 0.1) is 6.92 Å². The van der Waals surface area contributed by atoms with Gasteiger partial charge in [-0.1, -0.05) is 37.6 Å². The van der Waals surface area contributed by atoms with Crippen LogP contribution in [0.5, 0.6) is 0 Å². The van der Waals surface area contributed by atoms with Gasteiger partial charge in [-0.2, -0.15) is 0 Å². The van der Waals surface area contributed by atoms with Crippen molar-refractivity contribution in [3.63, 3.8) is 0 Å². The van der Waals surface area contributed by atoms with E-state index >= 15 is 0 Å². The number of benzene rings is 1. The Morgan fingerprint density at radius 3 is 2.63 bits per heavy atom. The number of nitrogens with zero attached hydrogens (tertiary/aromatic N) is 1. The van der Waals surface area contributed by atoms with E-state index in [2.05, 4.69) is 42.3 Å². The van der Waals surface area contributed by atoms with Gasteiger partial charge in [0.15, 0.2) is 0 Å². The molecular formula is C16H19ClN2. The van der Waals surface area contributed by atoms with Gasteiger partial charge in [-0.3, -0.25) is 4.98 Å². The first-order valence-electron chi connectivity index (χ1n) is 6.50. The lowest BCUT2D eigenvalue weighted by Crippen LogP contribution is -2.21. The zero-order chi connectivity index (χ0) is 13.8. The Balaban J connectivity index is 2.24. The number of hydrogen-bond acceptors (Lipinski definition) is 2. The number of hydrogen-bond donors (Lipinski definition) is 1. The summed E-state index contributed by atoms with van der Waals surface area (Å²) in [6, 6.07) is 8.77. The molecule has 3 heteroatoms. The molecule has 0 radical (unpaired) electrons. The zero-order valence-corrected chi connectivity index (χ0v) is 12.3. The normalized spacial score (nSPS) is 11.0. The van der Waals surface area contributed by atoms with Crippen LogP contribution in [-0.4, -0.2) is 11.0 Å². The van der Waals surface area contributed by atoms with Crippen LogP contribution in [0.4, 0.5) is 0 Å². The predicted molar refractivity (Wildman–Crippen MR) is 81.4 cm³/mol. The lowest BCUT2D eigenvalue weighted by Gasteiger charge is -2.10. The van der Waals surface area contributed by atoms with Gasteiger partial charge >= 0.3 is 0 Å². The molecule has 0 saturated heterocycles. The summed E-state index contributed by atoms with van der Waals surface area (Å²) in [4.78, 5) is 4.21. The Kier molecular flexibility index (Phi) is 4.56. The van der Waals surface area contributed by atoms with Crippen molar-refractivity contribution < 1.29 is 0 Å². The van der Waals surface area contributed by atoms with Gasteiger partial charge in [0.2, 0.25) is 0 Å². The Bertz CT molecular complexity index is 564. The van der Waals surface area contributed by atoms with E-state index in [1.807, 2.05) is 25.4 Å². The summed E-state index contributed by atoms with van der Waals surface area (Å²) in [5.74, 6) is 0. The first-order valence-corrected chi connectivity index (χ1v) is 6.88. The fourth-order valence-electron chi connectivity index (χ4n) is 1.93. The van der Waals surface area contributed by atoms with Crippen molar-refractivity contribution in [1.29, 1.82) is 0 Å². The molecule has 0 bridgehead atoms. The molecule has 1 aromatic carbocycles. The summed E-state index contributed by atoms with van der Waals surface area (Å²) in [6.45, 7) is 7.14. The molecule has 0 unspecified atom stereocenters. The maximum Gasteiger partial charge on any atom is 0.0488 e. The molecule has 19 heavy (non-hydrogen) atoms. The molecule has 1 N–H and O–H groups in total. The van der Waals surface area contributed by atoms with Crippen LogP contribution in [0.1, 0.15) is 25.0 Å². The van der Waals surface area contributed by atoms with E-state index in [0.29, 0.717) is 6.04 Å². The Morgan fingerprint density at radius 1 is 1.21 bits per heavy atom. The fourth-order valence-corrected chi connectivity index (χ4v) is 2.24. The smallest absolute Gasteiger partial charge is 0.0488 e. The SMILES string of the molecule is Cc1cncc(-c2ccc(CNC(C)C)cc2Cl)c1. The number of nitrogens with one attached hydrogen (secondary N) is 1. The minimum Gasteiger partial charge on any atom is -0.310 e. The highest BCUT2D eigenvalue weighted by Crippen LogP contribution is 2.28. The van der Waals surface area contributed by atoms with Crippen LogP contribution in [0.2, 0.25) is 5.02 Å². The molecule has 0 spiro atoms. The second-order valence-corrected chi connectivity index (χ2v) is 5.51. The molecule has 0 amide bonds. The molecule has 1 aromatic heterocycles. The first-order chi connectivity index (χ1) is 9.06. The van der Waals surface area contributed by atoms with Gasteiger partial charge in [-0.15, -0.1) is 0 Å². The third-order valence-electron chi connectivity index (χ3n) is 2.93. The van der Waals surface area contributed by atoms with Crippen molar-refractivity contribution in [3.05, 3.63) is 52.8 Å². The molecule has 2 aromatic rings. The summed E-state index contributed by atoms with van der Waals surface area (Å²) in [5.41, 5.74) is 4.43. The number of aryl methyl sites for hydroxylation is 1. The largest absolute Gasteiger partial charge is 0.310 e. The molecule has 1 heterocycles. The lowest BCUT2D eigenvalue weighted by atomic mass is 10.0. The number of halogens is 1. The van der Waals surface area contributed by atoms with Gasteiger partial charge in [0, 0.05) is 41.1 Å². The topological polar surface area (TPSA) is 24.9 Å². The van der Waals surface area contributed by atoms with E-state index in [9.17, 15) is 0 Å². The molecule has 2 nitrogen and oxygen atoms in total. The van der Waals surface area contributed by atoms with Crippen molar-refractivity contribution >= 4 is 11.6 Å². The second-order valence-electron chi connectivity index (χ2n) is 5.10. The van der Waals surface area contributed by atoms with Gasteiger partial charge in [0.25, 0.3) is 0 Å². The Labute approximate surface area is 119 Å². The minimum atomic E-state index is 0.472. The summed E-state index contributed by atoms with van der Waals surface area (Å²) in [5, 5.41) is 4.16. The quantitative estimate of drug-likeness (QED) is 0.903. The summed E-state index contributed by atoms with van der Waals surface area (Å²) >= 11 is 6.38. The fraction of sp³-hybridized carbons (Fsp3) is 0.312. The van der Waals surface area contributed by atoms with E-state index < -0.39 is 0 Å². The van der Waals surface area contributed by atoms with Gasteiger partial charge in [0.05, 0.1) is 0 Å². The van der Waals surface area contributed by atoms with Gasteiger partial charge in [-0.05, 0) is 30.2 Å². The van der Waals surface area contributed by atoms with E-state index in [1.54, 1.807) is 0 Å². The molecule has 0 aliphatic rings. The van der Waals surface area contributed by atoms with Crippen LogP contribution in [0.25, 0.3) is 11.1 Å². The molecule has 0 aliphatic carbocycles. The number of rotatable bonds is 4. The second kappa shape index (κ2) is 6.18. The number of pyridine rings is 1. The number of aromatic nitrogens is 1. The van der Waals surface area contributed by atoms with Crippen molar-refractivity contribution in [2.45, 2.75) is 33.4 Å². The van der Waals surface area contributed by atoms with Crippen molar-refractivity contribution in [2.75, 3.05) is 0 Å². The average molecular weight is 275 g/mol. The lowest BCUT2D eigenvalue weighted by molar-refractivity contribution is 0.589. The zero-order valence-electron chi connectivity index (χ0n) is 11.6. The van der Waals surface area contributed by atoms with E-state index in [0.717, 1.165) is 28.3 Å². The molecule has 100 valence electrons. The Morgan fingerprint density at radius 2 is 2.00 bits per heavy atom. The van der Waals surface area contributed by atoms with Gasteiger partial charge < -0.3 is 5.32 Å². The molecule has 0 aliphatic heterocycles. The Hall–Kier alpha value is -1.38. The third kappa shape index (κ3) is 3.79. The van der Waals surface area contributed by atoms with Crippen LogP contribution in [0.3, 0.4) is 0 Å². The van der Waals surface area contributed by atoms with E-state index in [4.69, 9.17) is 11.6 Å². The first kappa shape index (κ1) is 14.0. The average Bonchev–Trinajstić information content (AvgIpc) is 2.36. The third-order valence-corrected chi connectivity index (χ3v) is 3.25. The molecule has 0 atom stereocenters. The van der Waals surface area contributed by atoms with Crippen LogP contribution in [-0.2, 0) is 6.54 Å². The monoisotopic (exact) mass is 274 g/mol.